The van der Waals surface area contributed by atoms with Crippen molar-refractivity contribution < 1.29 is 0 Å². The lowest BCUT2D eigenvalue weighted by Gasteiger charge is -2.24. The zero-order valence-corrected chi connectivity index (χ0v) is 13.4. The number of aryl methyl sites for hydroxylation is 3. The number of aromatic nitrogens is 2. The Kier molecular flexibility index (Phi) is 3.63. The Balaban J connectivity index is 2.67. The van der Waals surface area contributed by atoms with Crippen LogP contribution in [0.1, 0.15) is 44.6 Å². The molecular weight excluding hydrogens is 246 g/mol. The number of hydrogen-bond acceptors (Lipinski definition) is 2. The molecule has 0 aliphatic heterocycles. The summed E-state index contributed by atoms with van der Waals surface area (Å²) in [6, 6.07) is 6.41. The van der Waals surface area contributed by atoms with Crippen molar-refractivity contribution >= 4 is 5.82 Å². The number of nitrogens with zero attached hydrogens (tertiary/aromatic N) is 2. The molecule has 1 aromatic carbocycles. The third-order valence-corrected chi connectivity index (χ3v) is 3.61. The molecule has 0 radical (unpaired) electrons. The SMILES string of the molecule is CCc1nc(-c2ccc(C)cc2C)c(N)n1C(C)(C)C. The van der Waals surface area contributed by atoms with Crippen LogP contribution in [0.5, 0.6) is 0 Å². The predicted octanol–water partition coefficient (Wildman–Crippen LogP) is 4.07. The fourth-order valence-electron chi connectivity index (χ4n) is 2.74. The van der Waals surface area contributed by atoms with Crippen LogP contribution in [0, 0.1) is 13.8 Å². The molecule has 0 saturated carbocycles. The summed E-state index contributed by atoms with van der Waals surface area (Å²) in [6.07, 6.45) is 0.881. The van der Waals surface area contributed by atoms with Gasteiger partial charge in [-0.2, -0.15) is 0 Å². The van der Waals surface area contributed by atoms with Gasteiger partial charge in [-0.15, -0.1) is 0 Å². The van der Waals surface area contributed by atoms with Crippen molar-refractivity contribution in [1.82, 2.24) is 9.55 Å². The van der Waals surface area contributed by atoms with Gasteiger partial charge in [-0.05, 0) is 40.2 Å². The molecule has 3 nitrogen and oxygen atoms in total. The Morgan fingerprint density at radius 3 is 2.30 bits per heavy atom. The van der Waals surface area contributed by atoms with Gasteiger partial charge in [-0.1, -0.05) is 30.7 Å². The second kappa shape index (κ2) is 4.97. The quantitative estimate of drug-likeness (QED) is 0.895. The highest BCUT2D eigenvalue weighted by Gasteiger charge is 2.24. The van der Waals surface area contributed by atoms with Crippen molar-refractivity contribution in [3.05, 3.63) is 35.2 Å². The summed E-state index contributed by atoms with van der Waals surface area (Å²) >= 11 is 0. The Morgan fingerprint density at radius 2 is 1.85 bits per heavy atom. The average Bonchev–Trinajstić information content (AvgIpc) is 2.66. The van der Waals surface area contributed by atoms with E-state index in [-0.39, 0.29) is 5.54 Å². The van der Waals surface area contributed by atoms with Gasteiger partial charge in [-0.25, -0.2) is 4.98 Å². The maximum Gasteiger partial charge on any atom is 0.132 e. The van der Waals surface area contributed by atoms with Crippen LogP contribution in [0.3, 0.4) is 0 Å². The summed E-state index contributed by atoms with van der Waals surface area (Å²) in [5, 5.41) is 0. The zero-order chi connectivity index (χ0) is 15.1. The highest BCUT2D eigenvalue weighted by atomic mass is 15.2. The molecule has 0 aliphatic carbocycles. The van der Waals surface area contributed by atoms with Crippen LogP contribution in [0.2, 0.25) is 0 Å². The number of nitrogens with two attached hydrogens (primary N) is 1. The minimum Gasteiger partial charge on any atom is -0.383 e. The van der Waals surface area contributed by atoms with E-state index in [1.807, 2.05) is 0 Å². The zero-order valence-electron chi connectivity index (χ0n) is 13.4. The third kappa shape index (κ3) is 2.45. The van der Waals surface area contributed by atoms with E-state index in [2.05, 4.69) is 64.3 Å². The molecule has 0 saturated heterocycles. The lowest BCUT2D eigenvalue weighted by molar-refractivity contribution is 0.389. The number of imidazole rings is 1. The first-order valence-corrected chi connectivity index (χ1v) is 7.21. The van der Waals surface area contributed by atoms with Gasteiger partial charge in [0.15, 0.2) is 0 Å². The summed E-state index contributed by atoms with van der Waals surface area (Å²) in [7, 11) is 0. The van der Waals surface area contributed by atoms with E-state index in [9.17, 15) is 0 Å². The van der Waals surface area contributed by atoms with Crippen LogP contribution in [-0.2, 0) is 12.0 Å². The number of anilines is 1. The molecule has 3 heteroatoms. The van der Waals surface area contributed by atoms with Crippen molar-refractivity contribution in [3.8, 4) is 11.3 Å². The Labute approximate surface area is 121 Å². The topological polar surface area (TPSA) is 43.8 Å². The van der Waals surface area contributed by atoms with Gasteiger partial charge in [0.1, 0.15) is 17.3 Å². The van der Waals surface area contributed by atoms with E-state index >= 15 is 0 Å². The molecule has 0 spiro atoms. The fourth-order valence-corrected chi connectivity index (χ4v) is 2.74. The van der Waals surface area contributed by atoms with Crippen molar-refractivity contribution in [3.63, 3.8) is 0 Å². The lowest BCUT2D eigenvalue weighted by atomic mass is 10.0. The first-order chi connectivity index (χ1) is 9.25. The van der Waals surface area contributed by atoms with E-state index in [1.165, 1.54) is 11.1 Å². The van der Waals surface area contributed by atoms with Crippen LogP contribution in [0.15, 0.2) is 18.2 Å². The van der Waals surface area contributed by atoms with Crippen molar-refractivity contribution in [1.29, 1.82) is 0 Å². The van der Waals surface area contributed by atoms with E-state index in [0.29, 0.717) is 0 Å². The molecule has 1 aromatic heterocycles. The molecule has 1 heterocycles. The molecule has 20 heavy (non-hydrogen) atoms. The van der Waals surface area contributed by atoms with Crippen LogP contribution >= 0.6 is 0 Å². The minimum atomic E-state index is -0.0563. The van der Waals surface area contributed by atoms with Gasteiger partial charge in [0, 0.05) is 17.5 Å². The highest BCUT2D eigenvalue weighted by molar-refractivity contribution is 5.74. The largest absolute Gasteiger partial charge is 0.383 e. The maximum atomic E-state index is 6.41. The first-order valence-electron chi connectivity index (χ1n) is 7.21. The summed E-state index contributed by atoms with van der Waals surface area (Å²) in [5.41, 5.74) is 10.9. The van der Waals surface area contributed by atoms with E-state index < -0.39 is 0 Å². The lowest BCUT2D eigenvalue weighted by Crippen LogP contribution is -2.25. The number of rotatable bonds is 2. The van der Waals surface area contributed by atoms with Gasteiger partial charge in [0.05, 0.1) is 0 Å². The van der Waals surface area contributed by atoms with Gasteiger partial charge in [0.2, 0.25) is 0 Å². The van der Waals surface area contributed by atoms with E-state index in [0.717, 1.165) is 29.3 Å². The average molecular weight is 271 g/mol. The van der Waals surface area contributed by atoms with Crippen LogP contribution in [-0.4, -0.2) is 9.55 Å². The molecule has 2 N–H and O–H groups in total. The van der Waals surface area contributed by atoms with Gasteiger partial charge >= 0.3 is 0 Å². The number of nitrogen functional groups attached to an aromatic ring is 1. The van der Waals surface area contributed by atoms with Crippen molar-refractivity contribution in [2.75, 3.05) is 5.73 Å². The van der Waals surface area contributed by atoms with E-state index in [1.54, 1.807) is 0 Å². The Morgan fingerprint density at radius 1 is 1.20 bits per heavy atom. The molecule has 0 bridgehead atoms. The minimum absolute atomic E-state index is 0.0563. The summed E-state index contributed by atoms with van der Waals surface area (Å²) in [6.45, 7) is 12.8. The summed E-state index contributed by atoms with van der Waals surface area (Å²) in [4.78, 5) is 4.79. The van der Waals surface area contributed by atoms with Crippen LogP contribution in [0.4, 0.5) is 5.82 Å². The standard InChI is InChI=1S/C17H25N3/c1-7-14-19-15(16(18)20(14)17(4,5)6)13-9-8-11(2)10-12(13)3/h8-10H,7,18H2,1-6H3. The van der Waals surface area contributed by atoms with Crippen molar-refractivity contribution in [2.24, 2.45) is 0 Å². The molecular formula is C17H25N3. The normalized spacial score (nSPS) is 11.9. The second-order valence-electron chi connectivity index (χ2n) is 6.44. The van der Waals surface area contributed by atoms with Crippen LogP contribution < -0.4 is 5.73 Å². The first kappa shape index (κ1) is 14.6. The third-order valence-electron chi connectivity index (χ3n) is 3.61. The molecule has 0 atom stereocenters. The molecule has 0 amide bonds. The molecule has 2 rings (SSSR count). The molecule has 0 fully saturated rings. The predicted molar refractivity (Wildman–Crippen MR) is 85.9 cm³/mol. The molecule has 0 unspecified atom stereocenters. The van der Waals surface area contributed by atoms with Crippen molar-refractivity contribution in [2.45, 2.75) is 53.5 Å². The van der Waals surface area contributed by atoms with E-state index in [4.69, 9.17) is 10.7 Å². The number of benzene rings is 1. The number of hydrogen-bond donors (Lipinski definition) is 1. The highest BCUT2D eigenvalue weighted by Crippen LogP contribution is 2.33. The summed E-state index contributed by atoms with van der Waals surface area (Å²) in [5.74, 6) is 1.81. The molecule has 108 valence electrons. The van der Waals surface area contributed by atoms with Gasteiger partial charge in [-0.3, -0.25) is 0 Å². The summed E-state index contributed by atoms with van der Waals surface area (Å²) < 4.78 is 2.15. The maximum absolute atomic E-state index is 6.41. The fraction of sp³-hybridized carbons (Fsp3) is 0.471. The Hall–Kier alpha value is -1.77. The second-order valence-corrected chi connectivity index (χ2v) is 6.44. The molecule has 2 aromatic rings. The smallest absolute Gasteiger partial charge is 0.132 e. The van der Waals surface area contributed by atoms with Crippen LogP contribution in [0.25, 0.3) is 11.3 Å². The monoisotopic (exact) mass is 271 g/mol. The van der Waals surface area contributed by atoms with Gasteiger partial charge in [0.25, 0.3) is 0 Å². The Bertz CT molecular complexity index is 630. The van der Waals surface area contributed by atoms with Gasteiger partial charge < -0.3 is 10.3 Å². The molecule has 0 aliphatic rings.